The highest BCUT2D eigenvalue weighted by molar-refractivity contribution is 5.22. The average Bonchev–Trinajstić information content (AvgIpc) is 2.69. The van der Waals surface area contributed by atoms with Crippen molar-refractivity contribution in [3.63, 3.8) is 0 Å². The monoisotopic (exact) mass is 202 g/mol. The number of aryl methyl sites for hydroxylation is 1. The zero-order valence-electron chi connectivity index (χ0n) is 8.97. The van der Waals surface area contributed by atoms with Gasteiger partial charge in [0.2, 0.25) is 0 Å². The number of hydrogen-bond acceptors (Lipinski definition) is 2. The summed E-state index contributed by atoms with van der Waals surface area (Å²) in [5.41, 5.74) is 2.52. The number of rotatable bonds is 3. The summed E-state index contributed by atoms with van der Waals surface area (Å²) in [5, 5.41) is 4.20. The number of nitrogens with zero attached hydrogens (tertiary/aromatic N) is 2. The Balaban J connectivity index is 2.11. The van der Waals surface area contributed by atoms with Gasteiger partial charge in [-0.3, -0.25) is 4.68 Å². The van der Waals surface area contributed by atoms with Crippen molar-refractivity contribution in [2.75, 3.05) is 7.11 Å². The van der Waals surface area contributed by atoms with Crippen LogP contribution >= 0.6 is 0 Å². The van der Waals surface area contributed by atoms with Gasteiger partial charge >= 0.3 is 0 Å². The average molecular weight is 202 g/mol. The van der Waals surface area contributed by atoms with Crippen LogP contribution in [0, 0.1) is 6.92 Å². The molecule has 0 aliphatic heterocycles. The second kappa shape index (κ2) is 4.17. The lowest BCUT2D eigenvalue weighted by molar-refractivity contribution is 0.414. The van der Waals surface area contributed by atoms with E-state index < -0.39 is 0 Å². The fraction of sp³-hybridized carbons (Fsp3) is 0.250. The van der Waals surface area contributed by atoms with Crippen molar-refractivity contribution in [1.82, 2.24) is 9.78 Å². The molecular weight excluding hydrogens is 188 g/mol. The molecule has 0 saturated carbocycles. The molecule has 0 unspecified atom stereocenters. The van der Waals surface area contributed by atoms with E-state index >= 15 is 0 Å². The summed E-state index contributed by atoms with van der Waals surface area (Å²) in [6.07, 6.45) is 3.61. The highest BCUT2D eigenvalue weighted by Crippen LogP contribution is 2.09. The van der Waals surface area contributed by atoms with E-state index in [2.05, 4.69) is 36.3 Å². The Bertz CT molecular complexity index is 431. The number of ether oxygens (including phenoxy) is 1. The third kappa shape index (κ3) is 2.37. The molecular formula is C12H14N2O. The lowest BCUT2D eigenvalue weighted by atomic mass is 10.1. The molecule has 0 saturated heterocycles. The molecule has 0 atom stereocenters. The Kier molecular flexibility index (Phi) is 2.72. The lowest BCUT2D eigenvalue weighted by Crippen LogP contribution is -1.99. The quantitative estimate of drug-likeness (QED) is 0.763. The van der Waals surface area contributed by atoms with E-state index in [4.69, 9.17) is 4.74 Å². The largest absolute Gasteiger partial charge is 0.493 e. The molecule has 0 N–H and O–H groups in total. The Morgan fingerprint density at radius 3 is 2.60 bits per heavy atom. The zero-order chi connectivity index (χ0) is 10.7. The van der Waals surface area contributed by atoms with E-state index in [9.17, 15) is 0 Å². The summed E-state index contributed by atoms with van der Waals surface area (Å²) in [6, 6.07) is 8.44. The Morgan fingerprint density at radius 2 is 2.00 bits per heavy atom. The molecule has 3 nitrogen and oxygen atoms in total. The van der Waals surface area contributed by atoms with Crippen molar-refractivity contribution in [1.29, 1.82) is 0 Å². The number of benzene rings is 1. The molecule has 0 radical (unpaired) electrons. The fourth-order valence-electron chi connectivity index (χ4n) is 1.42. The van der Waals surface area contributed by atoms with Crippen molar-refractivity contribution in [2.24, 2.45) is 0 Å². The predicted octanol–water partition coefficient (Wildman–Crippen LogP) is 2.25. The maximum absolute atomic E-state index is 5.07. The molecule has 0 bridgehead atoms. The normalized spacial score (nSPS) is 10.3. The van der Waals surface area contributed by atoms with Gasteiger partial charge in [0.05, 0.1) is 26.0 Å². The summed E-state index contributed by atoms with van der Waals surface area (Å²) in [7, 11) is 1.65. The smallest absolute Gasteiger partial charge is 0.156 e. The molecule has 3 heteroatoms. The van der Waals surface area contributed by atoms with Crippen molar-refractivity contribution >= 4 is 0 Å². The third-order valence-electron chi connectivity index (χ3n) is 2.31. The van der Waals surface area contributed by atoms with Crippen LogP contribution in [0.25, 0.3) is 0 Å². The van der Waals surface area contributed by atoms with Crippen LogP contribution in [-0.4, -0.2) is 16.9 Å². The van der Waals surface area contributed by atoms with Crippen LogP contribution in [-0.2, 0) is 6.54 Å². The molecule has 15 heavy (non-hydrogen) atoms. The molecule has 0 amide bonds. The van der Waals surface area contributed by atoms with Gasteiger partial charge in [0, 0.05) is 0 Å². The van der Waals surface area contributed by atoms with E-state index in [1.165, 1.54) is 11.1 Å². The van der Waals surface area contributed by atoms with Gasteiger partial charge in [-0.25, -0.2) is 0 Å². The van der Waals surface area contributed by atoms with E-state index in [1.807, 2.05) is 10.9 Å². The van der Waals surface area contributed by atoms with Gasteiger partial charge in [0.1, 0.15) is 0 Å². The molecule has 1 aromatic heterocycles. The van der Waals surface area contributed by atoms with Crippen molar-refractivity contribution < 1.29 is 4.74 Å². The zero-order valence-corrected chi connectivity index (χ0v) is 8.97. The van der Waals surface area contributed by atoms with E-state index in [-0.39, 0.29) is 0 Å². The maximum atomic E-state index is 5.07. The maximum Gasteiger partial charge on any atom is 0.156 e. The van der Waals surface area contributed by atoms with E-state index in [1.54, 1.807) is 13.3 Å². The van der Waals surface area contributed by atoms with Crippen molar-refractivity contribution in [3.05, 3.63) is 47.8 Å². The van der Waals surface area contributed by atoms with E-state index in [0.29, 0.717) is 0 Å². The van der Waals surface area contributed by atoms with Crippen LogP contribution in [0.5, 0.6) is 5.75 Å². The van der Waals surface area contributed by atoms with Crippen LogP contribution in [0.3, 0.4) is 0 Å². The Morgan fingerprint density at radius 1 is 1.27 bits per heavy atom. The van der Waals surface area contributed by atoms with Crippen LogP contribution in [0.1, 0.15) is 11.1 Å². The number of aromatic nitrogens is 2. The third-order valence-corrected chi connectivity index (χ3v) is 2.31. The van der Waals surface area contributed by atoms with Crippen LogP contribution in [0.4, 0.5) is 0 Å². The first-order valence-electron chi connectivity index (χ1n) is 4.90. The molecule has 0 aliphatic rings. The summed E-state index contributed by atoms with van der Waals surface area (Å²) >= 11 is 0. The van der Waals surface area contributed by atoms with Gasteiger partial charge in [-0.15, -0.1) is 0 Å². The minimum atomic E-state index is 0.781. The van der Waals surface area contributed by atoms with Gasteiger partial charge in [-0.1, -0.05) is 29.8 Å². The lowest BCUT2D eigenvalue weighted by Gasteiger charge is -2.01. The highest BCUT2D eigenvalue weighted by atomic mass is 16.5. The minimum Gasteiger partial charge on any atom is -0.493 e. The Hall–Kier alpha value is -1.77. The number of hydrogen-bond donors (Lipinski definition) is 0. The van der Waals surface area contributed by atoms with Crippen LogP contribution < -0.4 is 4.74 Å². The molecule has 1 heterocycles. The van der Waals surface area contributed by atoms with Crippen LogP contribution in [0.2, 0.25) is 0 Å². The first-order valence-corrected chi connectivity index (χ1v) is 4.90. The highest BCUT2D eigenvalue weighted by Gasteiger charge is 1.98. The van der Waals surface area contributed by atoms with Gasteiger partial charge < -0.3 is 4.74 Å². The van der Waals surface area contributed by atoms with Gasteiger partial charge in [-0.05, 0) is 12.5 Å². The molecule has 0 fully saturated rings. The van der Waals surface area contributed by atoms with E-state index in [0.717, 1.165) is 12.3 Å². The first kappa shape index (κ1) is 9.77. The predicted molar refractivity (Wildman–Crippen MR) is 59.1 cm³/mol. The molecule has 0 aliphatic carbocycles. The first-order chi connectivity index (χ1) is 7.28. The van der Waals surface area contributed by atoms with Gasteiger partial charge in [-0.2, -0.15) is 5.10 Å². The second-order valence-electron chi connectivity index (χ2n) is 3.56. The molecule has 2 rings (SSSR count). The second-order valence-corrected chi connectivity index (χ2v) is 3.56. The van der Waals surface area contributed by atoms with Crippen molar-refractivity contribution in [2.45, 2.75) is 13.5 Å². The van der Waals surface area contributed by atoms with Gasteiger partial charge in [0.25, 0.3) is 0 Å². The minimum absolute atomic E-state index is 0.781. The molecule has 78 valence electrons. The summed E-state index contributed by atoms with van der Waals surface area (Å²) in [4.78, 5) is 0. The summed E-state index contributed by atoms with van der Waals surface area (Å²) in [6.45, 7) is 2.87. The summed E-state index contributed by atoms with van der Waals surface area (Å²) in [5.74, 6) is 0.794. The standard InChI is InChI=1S/C12H14N2O/c1-10-3-5-11(6-4-10)8-14-9-12(15-2)7-13-14/h3-7,9H,8H2,1-2H3. The van der Waals surface area contributed by atoms with Crippen molar-refractivity contribution in [3.8, 4) is 5.75 Å². The number of methoxy groups -OCH3 is 1. The topological polar surface area (TPSA) is 27.1 Å². The Labute approximate surface area is 89.3 Å². The fourth-order valence-corrected chi connectivity index (χ4v) is 1.42. The molecule has 2 aromatic rings. The molecule has 0 spiro atoms. The molecule has 1 aromatic carbocycles. The summed E-state index contributed by atoms with van der Waals surface area (Å²) < 4.78 is 6.93. The van der Waals surface area contributed by atoms with Gasteiger partial charge in [0.15, 0.2) is 5.75 Å². The SMILES string of the molecule is COc1cnn(Cc2ccc(C)cc2)c1. The van der Waals surface area contributed by atoms with Crippen LogP contribution in [0.15, 0.2) is 36.7 Å².